The predicted octanol–water partition coefficient (Wildman–Crippen LogP) is 3.98. The molecule has 0 saturated heterocycles. The van der Waals surface area contributed by atoms with Gasteiger partial charge in [0.2, 0.25) is 5.78 Å². The molecule has 2 aromatic rings. The summed E-state index contributed by atoms with van der Waals surface area (Å²) in [5.41, 5.74) is 6.81. The fourth-order valence-corrected chi connectivity index (χ4v) is 2.90. The van der Waals surface area contributed by atoms with Gasteiger partial charge in [-0.2, -0.15) is 0 Å². The van der Waals surface area contributed by atoms with Crippen molar-refractivity contribution in [3.8, 4) is 0 Å². The van der Waals surface area contributed by atoms with Crippen molar-refractivity contribution in [3.05, 3.63) is 49.6 Å². The Morgan fingerprint density at radius 1 is 1.31 bits per heavy atom. The van der Waals surface area contributed by atoms with Crippen LogP contribution in [0.2, 0.25) is 4.34 Å². The Hall–Kier alpha value is -0.840. The molecule has 1 aromatic heterocycles. The lowest BCUT2D eigenvalue weighted by Crippen LogP contribution is -1.98. The first-order valence-electron chi connectivity index (χ1n) is 4.43. The van der Waals surface area contributed by atoms with Gasteiger partial charge in [0.1, 0.15) is 4.34 Å². The van der Waals surface area contributed by atoms with Crippen molar-refractivity contribution >= 4 is 50.3 Å². The first kappa shape index (κ1) is 11.6. The molecule has 16 heavy (non-hydrogen) atoms. The molecule has 0 amide bonds. The van der Waals surface area contributed by atoms with Gasteiger partial charge in [0, 0.05) is 15.7 Å². The molecule has 1 heterocycles. The standard InChI is InChI=1S/C11H7BrClNOS/c12-8-5-9(16-11(8)13)10(15)6-1-3-7(14)4-2-6/h1-5H,14H2. The van der Waals surface area contributed by atoms with Crippen LogP contribution in [-0.4, -0.2) is 5.78 Å². The van der Waals surface area contributed by atoms with Crippen molar-refractivity contribution < 1.29 is 4.79 Å². The number of thiophene rings is 1. The number of benzene rings is 1. The number of nitrogens with two attached hydrogens (primary N) is 1. The number of halogens is 2. The van der Waals surface area contributed by atoms with Crippen LogP contribution in [0.5, 0.6) is 0 Å². The Bertz CT molecular complexity index is 516. The van der Waals surface area contributed by atoms with Crippen molar-refractivity contribution in [3.63, 3.8) is 0 Å². The molecule has 0 atom stereocenters. The number of carbonyl (C=O) groups excluding carboxylic acids is 1. The number of nitrogen functional groups attached to an aromatic ring is 1. The van der Waals surface area contributed by atoms with Gasteiger partial charge in [-0.15, -0.1) is 11.3 Å². The number of ketones is 1. The minimum atomic E-state index is -0.0439. The van der Waals surface area contributed by atoms with Gasteiger partial charge in [0.25, 0.3) is 0 Å². The topological polar surface area (TPSA) is 43.1 Å². The zero-order valence-electron chi connectivity index (χ0n) is 8.04. The van der Waals surface area contributed by atoms with Gasteiger partial charge >= 0.3 is 0 Å². The third kappa shape index (κ3) is 2.29. The Morgan fingerprint density at radius 2 is 1.94 bits per heavy atom. The maximum atomic E-state index is 12.0. The Balaban J connectivity index is 2.35. The van der Waals surface area contributed by atoms with E-state index >= 15 is 0 Å². The highest BCUT2D eigenvalue weighted by molar-refractivity contribution is 9.10. The van der Waals surface area contributed by atoms with Crippen LogP contribution < -0.4 is 5.73 Å². The molecule has 0 aliphatic heterocycles. The number of hydrogen-bond donors (Lipinski definition) is 1. The smallest absolute Gasteiger partial charge is 0.203 e. The third-order valence-corrected chi connectivity index (χ3v) is 4.52. The summed E-state index contributed by atoms with van der Waals surface area (Å²) < 4.78 is 1.33. The Morgan fingerprint density at radius 3 is 2.44 bits per heavy atom. The highest BCUT2D eigenvalue weighted by atomic mass is 79.9. The lowest BCUT2D eigenvalue weighted by atomic mass is 10.1. The first-order valence-corrected chi connectivity index (χ1v) is 6.42. The summed E-state index contributed by atoms with van der Waals surface area (Å²) in [5, 5.41) is 0. The number of carbonyl (C=O) groups is 1. The van der Waals surface area contributed by atoms with Gasteiger partial charge in [0.15, 0.2) is 0 Å². The quantitative estimate of drug-likeness (QED) is 0.673. The van der Waals surface area contributed by atoms with E-state index in [1.165, 1.54) is 11.3 Å². The van der Waals surface area contributed by atoms with Crippen molar-refractivity contribution in [1.29, 1.82) is 0 Å². The second-order valence-electron chi connectivity index (χ2n) is 3.18. The molecule has 0 aliphatic carbocycles. The van der Waals surface area contributed by atoms with Crippen LogP contribution >= 0.6 is 38.9 Å². The van der Waals surface area contributed by atoms with Gasteiger partial charge in [-0.25, -0.2) is 0 Å². The maximum absolute atomic E-state index is 12.0. The molecular weight excluding hydrogens is 310 g/mol. The third-order valence-electron chi connectivity index (χ3n) is 2.04. The van der Waals surface area contributed by atoms with E-state index in [1.54, 1.807) is 30.3 Å². The zero-order valence-corrected chi connectivity index (χ0v) is 11.2. The van der Waals surface area contributed by atoms with Crippen LogP contribution in [0.3, 0.4) is 0 Å². The van der Waals surface area contributed by atoms with Crippen molar-refractivity contribution in [1.82, 2.24) is 0 Å². The van der Waals surface area contributed by atoms with Crippen LogP contribution in [-0.2, 0) is 0 Å². The van der Waals surface area contributed by atoms with Gasteiger partial charge in [-0.3, -0.25) is 4.79 Å². The molecule has 0 saturated carbocycles. The molecule has 2 nitrogen and oxygen atoms in total. The Kier molecular flexibility index (Phi) is 3.33. The van der Waals surface area contributed by atoms with Crippen LogP contribution in [0.15, 0.2) is 34.8 Å². The zero-order chi connectivity index (χ0) is 11.7. The molecule has 5 heteroatoms. The molecule has 1 aromatic carbocycles. The molecule has 2 N–H and O–H groups in total. The highest BCUT2D eigenvalue weighted by Crippen LogP contribution is 2.33. The summed E-state index contributed by atoms with van der Waals surface area (Å²) in [4.78, 5) is 12.6. The summed E-state index contributed by atoms with van der Waals surface area (Å²) in [6.07, 6.45) is 0. The van der Waals surface area contributed by atoms with E-state index in [0.717, 1.165) is 4.47 Å². The van der Waals surface area contributed by atoms with Crippen molar-refractivity contribution in [2.75, 3.05) is 5.73 Å². The second kappa shape index (κ2) is 4.57. The molecule has 0 spiro atoms. The summed E-state index contributed by atoms with van der Waals surface area (Å²) in [6, 6.07) is 8.55. The molecule has 82 valence electrons. The minimum absolute atomic E-state index is 0.0439. The van der Waals surface area contributed by atoms with Gasteiger partial charge in [-0.1, -0.05) is 11.6 Å². The molecule has 0 fully saturated rings. The SMILES string of the molecule is Nc1ccc(C(=O)c2cc(Br)c(Cl)s2)cc1. The lowest BCUT2D eigenvalue weighted by Gasteiger charge is -1.98. The largest absolute Gasteiger partial charge is 0.399 e. The van der Waals surface area contributed by atoms with Crippen LogP contribution in [0.1, 0.15) is 15.2 Å². The molecule has 0 unspecified atom stereocenters. The highest BCUT2D eigenvalue weighted by Gasteiger charge is 2.13. The van der Waals surface area contributed by atoms with Gasteiger partial charge < -0.3 is 5.73 Å². The van der Waals surface area contributed by atoms with E-state index in [1.807, 2.05) is 0 Å². The average molecular weight is 317 g/mol. The molecular formula is C11H7BrClNOS. The molecule has 0 radical (unpaired) electrons. The number of rotatable bonds is 2. The van der Waals surface area contributed by atoms with E-state index in [2.05, 4.69) is 15.9 Å². The van der Waals surface area contributed by atoms with Crippen LogP contribution in [0.4, 0.5) is 5.69 Å². The first-order chi connectivity index (χ1) is 7.58. The van der Waals surface area contributed by atoms with Gasteiger partial charge in [0.05, 0.1) is 4.88 Å². The predicted molar refractivity (Wildman–Crippen MR) is 71.3 cm³/mol. The van der Waals surface area contributed by atoms with Crippen LogP contribution in [0.25, 0.3) is 0 Å². The summed E-state index contributed by atoms with van der Waals surface area (Å²) in [6.45, 7) is 0. The average Bonchev–Trinajstić information content (AvgIpc) is 2.59. The van der Waals surface area contributed by atoms with Crippen LogP contribution in [0, 0.1) is 0 Å². The van der Waals surface area contributed by atoms with Gasteiger partial charge in [-0.05, 0) is 46.3 Å². The normalized spacial score (nSPS) is 10.4. The monoisotopic (exact) mass is 315 g/mol. The Labute approximate surface area is 110 Å². The fraction of sp³-hybridized carbons (Fsp3) is 0. The maximum Gasteiger partial charge on any atom is 0.203 e. The lowest BCUT2D eigenvalue weighted by molar-refractivity contribution is 0.104. The molecule has 2 rings (SSSR count). The van der Waals surface area contributed by atoms with E-state index in [9.17, 15) is 4.79 Å². The van der Waals surface area contributed by atoms with E-state index in [4.69, 9.17) is 17.3 Å². The summed E-state index contributed by atoms with van der Waals surface area (Å²) >= 11 is 10.4. The number of hydrogen-bond acceptors (Lipinski definition) is 3. The van der Waals surface area contributed by atoms with Crippen molar-refractivity contribution in [2.45, 2.75) is 0 Å². The fourth-order valence-electron chi connectivity index (χ4n) is 1.24. The second-order valence-corrected chi connectivity index (χ2v) is 5.69. The molecule has 0 bridgehead atoms. The summed E-state index contributed by atoms with van der Waals surface area (Å²) in [7, 11) is 0. The summed E-state index contributed by atoms with van der Waals surface area (Å²) in [5.74, 6) is -0.0439. The number of anilines is 1. The molecule has 0 aliphatic rings. The van der Waals surface area contributed by atoms with E-state index in [0.29, 0.717) is 20.5 Å². The minimum Gasteiger partial charge on any atom is -0.399 e. The van der Waals surface area contributed by atoms with Crippen molar-refractivity contribution in [2.24, 2.45) is 0 Å². The van der Waals surface area contributed by atoms with E-state index < -0.39 is 0 Å². The van der Waals surface area contributed by atoms with E-state index in [-0.39, 0.29) is 5.78 Å².